The lowest BCUT2D eigenvalue weighted by Gasteiger charge is -2.34. The van der Waals surface area contributed by atoms with Crippen LogP contribution in [0.25, 0.3) is 0 Å². The van der Waals surface area contributed by atoms with Crippen LogP contribution in [0.15, 0.2) is 77.3 Å². The zero-order valence-electron chi connectivity index (χ0n) is 15.2. The first kappa shape index (κ1) is 18.3. The van der Waals surface area contributed by atoms with Crippen molar-refractivity contribution in [2.75, 3.05) is 12.8 Å². The Morgan fingerprint density at radius 3 is 2.89 bits per heavy atom. The second kappa shape index (κ2) is 7.17. The molecule has 1 aromatic rings. The normalized spacial score (nSPS) is 23.2. The fourth-order valence-electron chi connectivity index (χ4n) is 3.19. The maximum atomic E-state index is 12.7. The predicted octanol–water partition coefficient (Wildman–Crippen LogP) is 0.395. The van der Waals surface area contributed by atoms with Crippen LogP contribution >= 0.6 is 0 Å². The average Bonchev–Trinajstić information content (AvgIpc) is 3.11. The summed E-state index contributed by atoms with van der Waals surface area (Å²) in [5.74, 6) is 0.386. The van der Waals surface area contributed by atoms with E-state index >= 15 is 0 Å². The Morgan fingerprint density at radius 1 is 1.29 bits per heavy atom. The third kappa shape index (κ3) is 3.67. The van der Waals surface area contributed by atoms with Crippen LogP contribution in [0, 0.1) is 0 Å². The first-order valence-electron chi connectivity index (χ1n) is 8.84. The number of hydrogen-bond donors (Lipinski definition) is 4. The van der Waals surface area contributed by atoms with Crippen molar-refractivity contribution in [2.45, 2.75) is 17.1 Å². The van der Waals surface area contributed by atoms with Gasteiger partial charge < -0.3 is 16.0 Å². The van der Waals surface area contributed by atoms with E-state index < -0.39 is 9.84 Å². The Hall–Kier alpha value is -3.04. The number of amides is 1. The highest BCUT2D eigenvalue weighted by molar-refractivity contribution is 7.90. The number of benzene rings is 1. The molecule has 2 unspecified atom stereocenters. The fraction of sp³-hybridized carbons (Fsp3) is 0.211. The Kier molecular flexibility index (Phi) is 4.70. The summed E-state index contributed by atoms with van der Waals surface area (Å²) in [7, 11) is -3.29. The van der Waals surface area contributed by atoms with Gasteiger partial charge in [-0.1, -0.05) is 30.4 Å². The molecule has 0 radical (unpaired) electrons. The molecule has 4 N–H and O–H groups in total. The van der Waals surface area contributed by atoms with Gasteiger partial charge in [0, 0.05) is 19.0 Å². The van der Waals surface area contributed by atoms with E-state index in [9.17, 15) is 13.2 Å². The lowest BCUT2D eigenvalue weighted by Crippen LogP contribution is -2.51. The van der Waals surface area contributed by atoms with Gasteiger partial charge in [-0.2, -0.15) is 0 Å². The van der Waals surface area contributed by atoms with E-state index in [1.165, 1.54) is 6.26 Å². The van der Waals surface area contributed by atoms with E-state index in [4.69, 9.17) is 0 Å². The summed E-state index contributed by atoms with van der Waals surface area (Å²) >= 11 is 0. The lowest BCUT2D eigenvalue weighted by atomic mass is 10.1. The van der Waals surface area contributed by atoms with Gasteiger partial charge in [0.05, 0.1) is 10.9 Å². The van der Waals surface area contributed by atoms with E-state index in [0.29, 0.717) is 18.1 Å². The molecule has 0 fully saturated rings. The molecule has 0 aromatic heterocycles. The van der Waals surface area contributed by atoms with Gasteiger partial charge in [-0.3, -0.25) is 9.80 Å². The molecule has 3 aliphatic rings. The van der Waals surface area contributed by atoms with Crippen LogP contribution in [0.1, 0.15) is 11.6 Å². The first-order chi connectivity index (χ1) is 13.4. The third-order valence-corrected chi connectivity index (χ3v) is 5.74. The van der Waals surface area contributed by atoms with Crippen LogP contribution in [-0.4, -0.2) is 38.3 Å². The monoisotopic (exact) mass is 399 g/mol. The molecule has 8 nitrogen and oxygen atoms in total. The number of carbonyl (C=O) groups is 1. The lowest BCUT2D eigenvalue weighted by molar-refractivity contribution is -0.119. The van der Waals surface area contributed by atoms with Crippen molar-refractivity contribution < 1.29 is 13.2 Å². The largest absolute Gasteiger partial charge is 0.368 e. The number of nitrogens with zero attached hydrogens (tertiary/aromatic N) is 1. The number of carbonyl (C=O) groups excluding carboxylic acids is 1. The van der Waals surface area contributed by atoms with Crippen LogP contribution in [0.5, 0.6) is 0 Å². The molecule has 3 heterocycles. The summed E-state index contributed by atoms with van der Waals surface area (Å²) in [6, 6.07) is 6.53. The molecular weight excluding hydrogens is 378 g/mol. The highest BCUT2D eigenvalue weighted by Gasteiger charge is 2.33. The van der Waals surface area contributed by atoms with Gasteiger partial charge in [0.2, 0.25) is 0 Å². The minimum atomic E-state index is -3.29. The molecule has 3 aliphatic heterocycles. The molecule has 0 bridgehead atoms. The van der Waals surface area contributed by atoms with Crippen molar-refractivity contribution in [2.24, 2.45) is 0 Å². The summed E-state index contributed by atoms with van der Waals surface area (Å²) < 4.78 is 23.7. The molecule has 0 saturated carbocycles. The van der Waals surface area contributed by atoms with Crippen molar-refractivity contribution in [3.05, 3.63) is 77.9 Å². The molecule has 9 heteroatoms. The predicted molar refractivity (Wildman–Crippen MR) is 105 cm³/mol. The van der Waals surface area contributed by atoms with Crippen molar-refractivity contribution in [3.8, 4) is 0 Å². The minimum Gasteiger partial charge on any atom is -0.368 e. The van der Waals surface area contributed by atoms with Crippen molar-refractivity contribution in [1.82, 2.24) is 26.4 Å². The molecule has 1 aromatic carbocycles. The molecule has 0 aliphatic carbocycles. The number of dihydropyridines is 1. The molecular formula is C19H21N5O3S. The van der Waals surface area contributed by atoms with Gasteiger partial charge in [0.15, 0.2) is 9.84 Å². The number of fused-ring (bicyclic) bond motifs is 1. The summed E-state index contributed by atoms with van der Waals surface area (Å²) in [5.41, 5.74) is 4.52. The zero-order valence-corrected chi connectivity index (χ0v) is 16.0. The molecule has 0 saturated heterocycles. The Balaban J connectivity index is 1.52. The SMILES string of the molecule is CS(=O)(=O)c1cccc(C2C=CC3NC=C(C(=O)NC4=CC=CCN4)N3N2)c1. The Morgan fingerprint density at radius 2 is 2.14 bits per heavy atom. The molecule has 146 valence electrons. The molecule has 2 atom stereocenters. The van der Waals surface area contributed by atoms with Crippen molar-refractivity contribution >= 4 is 15.7 Å². The molecule has 0 spiro atoms. The number of hydrazine groups is 1. The number of sulfone groups is 1. The number of nitrogens with one attached hydrogen (secondary N) is 4. The average molecular weight is 399 g/mol. The smallest absolute Gasteiger partial charge is 0.276 e. The molecule has 1 amide bonds. The van der Waals surface area contributed by atoms with Crippen LogP contribution in [0.2, 0.25) is 0 Å². The minimum absolute atomic E-state index is 0.191. The van der Waals surface area contributed by atoms with Crippen molar-refractivity contribution in [1.29, 1.82) is 0 Å². The van der Waals surface area contributed by atoms with Crippen LogP contribution in [0.4, 0.5) is 0 Å². The van der Waals surface area contributed by atoms with Gasteiger partial charge in [0.1, 0.15) is 17.7 Å². The van der Waals surface area contributed by atoms with Crippen LogP contribution in [-0.2, 0) is 14.6 Å². The number of hydrogen-bond acceptors (Lipinski definition) is 7. The Bertz CT molecular complexity index is 1030. The third-order valence-electron chi connectivity index (χ3n) is 4.63. The standard InChI is InChI=1S/C19H21N5O3S/c1-28(26,27)14-6-4-5-13(11-14)15-8-9-18-21-12-16(24(18)23-15)19(25)22-17-7-2-3-10-20-17/h2-9,11-12,15,18,20-21,23H,10H2,1H3,(H,22,25). The van der Waals surface area contributed by atoms with Crippen molar-refractivity contribution in [3.63, 3.8) is 0 Å². The van der Waals surface area contributed by atoms with E-state index in [2.05, 4.69) is 21.4 Å². The second-order valence-electron chi connectivity index (χ2n) is 6.69. The fourth-order valence-corrected chi connectivity index (χ4v) is 3.87. The van der Waals surface area contributed by atoms with E-state index in [1.54, 1.807) is 35.5 Å². The van der Waals surface area contributed by atoms with E-state index in [-0.39, 0.29) is 23.0 Å². The number of rotatable bonds is 4. The topological polar surface area (TPSA) is 103 Å². The maximum absolute atomic E-state index is 12.7. The summed E-state index contributed by atoms with van der Waals surface area (Å²) in [4.78, 5) is 13.0. The van der Waals surface area contributed by atoms with Gasteiger partial charge in [-0.25, -0.2) is 13.8 Å². The van der Waals surface area contributed by atoms with E-state index in [0.717, 1.165) is 5.56 Å². The Labute approximate surface area is 163 Å². The highest BCUT2D eigenvalue weighted by Crippen LogP contribution is 2.26. The quantitative estimate of drug-likeness (QED) is 0.544. The van der Waals surface area contributed by atoms with E-state index in [1.807, 2.05) is 30.4 Å². The second-order valence-corrected chi connectivity index (χ2v) is 8.71. The molecule has 4 rings (SSSR count). The highest BCUT2D eigenvalue weighted by atomic mass is 32.2. The summed E-state index contributed by atoms with van der Waals surface area (Å²) in [5, 5.41) is 10.8. The van der Waals surface area contributed by atoms with Crippen LogP contribution in [0.3, 0.4) is 0 Å². The zero-order chi connectivity index (χ0) is 19.7. The van der Waals surface area contributed by atoms with Gasteiger partial charge in [0.25, 0.3) is 5.91 Å². The number of allylic oxidation sites excluding steroid dienone is 2. The summed E-state index contributed by atoms with van der Waals surface area (Å²) in [6.45, 7) is 0.662. The maximum Gasteiger partial charge on any atom is 0.276 e. The van der Waals surface area contributed by atoms with Crippen LogP contribution < -0.4 is 21.4 Å². The van der Waals surface area contributed by atoms with Gasteiger partial charge in [-0.15, -0.1) is 0 Å². The van der Waals surface area contributed by atoms with Gasteiger partial charge >= 0.3 is 0 Å². The summed E-state index contributed by atoms with van der Waals surface area (Å²) in [6.07, 6.45) is 12.2. The molecule has 28 heavy (non-hydrogen) atoms. The van der Waals surface area contributed by atoms with Gasteiger partial charge in [-0.05, 0) is 29.8 Å². The first-order valence-corrected chi connectivity index (χ1v) is 10.7.